The van der Waals surface area contributed by atoms with E-state index in [-0.39, 0.29) is 24.1 Å². The van der Waals surface area contributed by atoms with E-state index >= 15 is 0 Å². The summed E-state index contributed by atoms with van der Waals surface area (Å²) in [5.74, 6) is 0.126. The smallest absolute Gasteiger partial charge is 0.406 e. The molecule has 0 fully saturated rings. The van der Waals surface area contributed by atoms with Crippen molar-refractivity contribution in [3.8, 4) is 17.1 Å². The van der Waals surface area contributed by atoms with Crippen LogP contribution in [0.1, 0.15) is 5.89 Å². The second-order valence-corrected chi connectivity index (χ2v) is 4.77. The van der Waals surface area contributed by atoms with Gasteiger partial charge in [-0.25, -0.2) is 0 Å². The fourth-order valence-electron chi connectivity index (χ4n) is 1.84. The van der Waals surface area contributed by atoms with Crippen molar-refractivity contribution in [2.45, 2.75) is 6.61 Å². The lowest BCUT2D eigenvalue weighted by Gasteiger charge is -2.02. The third kappa shape index (κ3) is 3.27. The number of ether oxygens (including phenoxy) is 1. The highest BCUT2D eigenvalue weighted by Gasteiger charge is 2.17. The largest absolute Gasteiger partial charge is 0.476 e. The van der Waals surface area contributed by atoms with E-state index in [2.05, 4.69) is 15.1 Å². The number of aromatic nitrogens is 3. The van der Waals surface area contributed by atoms with E-state index in [4.69, 9.17) is 20.9 Å². The number of hydrogen-bond acceptors (Lipinski definition) is 7. The lowest BCUT2D eigenvalue weighted by Crippen LogP contribution is -2.00. The summed E-state index contributed by atoms with van der Waals surface area (Å²) in [7, 11) is 0. The number of rotatable bonds is 5. The average Bonchev–Trinajstić information content (AvgIpc) is 3.02. The molecule has 0 unspecified atom stereocenters. The van der Waals surface area contributed by atoms with Crippen molar-refractivity contribution in [1.29, 1.82) is 0 Å². The van der Waals surface area contributed by atoms with Crippen LogP contribution in [0.15, 0.2) is 47.1 Å². The minimum Gasteiger partial charge on any atom is -0.476 e. The first-order chi connectivity index (χ1) is 11.1. The zero-order valence-corrected chi connectivity index (χ0v) is 12.3. The summed E-state index contributed by atoms with van der Waals surface area (Å²) in [6.45, 7) is -0.121. The molecule has 0 saturated heterocycles. The molecule has 2 aromatic heterocycles. The van der Waals surface area contributed by atoms with E-state index in [1.807, 2.05) is 0 Å². The zero-order chi connectivity index (χ0) is 16.2. The molecule has 23 heavy (non-hydrogen) atoms. The third-order valence-corrected chi connectivity index (χ3v) is 3.19. The minimum absolute atomic E-state index is 0.0231. The van der Waals surface area contributed by atoms with E-state index in [0.717, 1.165) is 0 Å². The van der Waals surface area contributed by atoms with Gasteiger partial charge in [-0.05, 0) is 34.2 Å². The van der Waals surface area contributed by atoms with Gasteiger partial charge in [0.05, 0.1) is 5.02 Å². The number of nitro groups is 1. The number of hydrogen-bond donors (Lipinski definition) is 0. The second-order valence-electron chi connectivity index (χ2n) is 4.36. The Kier molecular flexibility index (Phi) is 4.15. The Morgan fingerprint density at radius 3 is 2.87 bits per heavy atom. The van der Waals surface area contributed by atoms with Crippen LogP contribution in [0.3, 0.4) is 0 Å². The fraction of sp³-hybridized carbons (Fsp3) is 0.0714. The highest BCUT2D eigenvalue weighted by molar-refractivity contribution is 6.33. The molecule has 3 rings (SSSR count). The van der Waals surface area contributed by atoms with Crippen molar-refractivity contribution in [1.82, 2.24) is 15.1 Å². The Morgan fingerprint density at radius 1 is 1.26 bits per heavy atom. The van der Waals surface area contributed by atoms with Crippen molar-refractivity contribution in [3.63, 3.8) is 0 Å². The van der Waals surface area contributed by atoms with Crippen LogP contribution >= 0.6 is 11.6 Å². The van der Waals surface area contributed by atoms with Crippen LogP contribution in [0.5, 0.6) is 5.75 Å². The highest BCUT2D eigenvalue weighted by Crippen LogP contribution is 2.26. The third-order valence-electron chi connectivity index (χ3n) is 2.86. The molecular formula is C14H9ClN4O4. The maximum atomic E-state index is 10.9. The molecule has 0 amide bonds. The molecule has 0 bridgehead atoms. The molecule has 0 radical (unpaired) electrons. The predicted octanol–water partition coefficient (Wildman–Crippen LogP) is 3.27. The lowest BCUT2D eigenvalue weighted by atomic mass is 10.2. The van der Waals surface area contributed by atoms with Gasteiger partial charge in [-0.3, -0.25) is 0 Å². The Morgan fingerprint density at radius 2 is 2.09 bits per heavy atom. The highest BCUT2D eigenvalue weighted by atomic mass is 35.5. The van der Waals surface area contributed by atoms with E-state index in [0.29, 0.717) is 16.4 Å². The quantitative estimate of drug-likeness (QED) is 0.521. The second kappa shape index (κ2) is 6.41. The first-order valence-electron chi connectivity index (χ1n) is 6.45. The van der Waals surface area contributed by atoms with Gasteiger partial charge in [0.15, 0.2) is 6.61 Å². The van der Waals surface area contributed by atoms with Gasteiger partial charge >= 0.3 is 5.82 Å². The topological polar surface area (TPSA) is 104 Å². The standard InChI is InChI=1S/C14H9ClN4O4/c15-10-5-2-1-4-9(10)13-17-12(23-18-13)8-22-11-6-3-7-16-14(11)19(20)21/h1-7H,8H2. The first-order valence-corrected chi connectivity index (χ1v) is 6.82. The Balaban J connectivity index is 1.76. The van der Waals surface area contributed by atoms with Crippen molar-refractivity contribution in [3.05, 3.63) is 63.6 Å². The van der Waals surface area contributed by atoms with E-state index in [1.54, 1.807) is 24.3 Å². The molecule has 2 heterocycles. The molecule has 0 spiro atoms. The number of pyridine rings is 1. The molecule has 3 aromatic rings. The molecule has 116 valence electrons. The Bertz CT molecular complexity index is 852. The molecule has 0 saturated carbocycles. The Labute approximate surface area is 134 Å². The van der Waals surface area contributed by atoms with E-state index in [9.17, 15) is 10.1 Å². The van der Waals surface area contributed by atoms with Crippen LogP contribution in [0, 0.1) is 10.1 Å². The van der Waals surface area contributed by atoms with Gasteiger partial charge in [0, 0.05) is 5.56 Å². The maximum absolute atomic E-state index is 10.9. The van der Waals surface area contributed by atoms with Gasteiger partial charge in [0.1, 0.15) is 6.20 Å². The van der Waals surface area contributed by atoms with Gasteiger partial charge in [-0.2, -0.15) is 4.98 Å². The van der Waals surface area contributed by atoms with Crippen LogP contribution in [0.2, 0.25) is 5.02 Å². The lowest BCUT2D eigenvalue weighted by molar-refractivity contribution is -0.390. The van der Waals surface area contributed by atoms with Crippen LogP contribution in [0.25, 0.3) is 11.4 Å². The molecule has 0 aliphatic rings. The van der Waals surface area contributed by atoms with Crippen LogP contribution < -0.4 is 4.74 Å². The van der Waals surface area contributed by atoms with Gasteiger partial charge in [0.25, 0.3) is 5.89 Å². The summed E-state index contributed by atoms with van der Waals surface area (Å²) in [5, 5.41) is 15.2. The van der Waals surface area contributed by atoms with Gasteiger partial charge in [-0.15, -0.1) is 0 Å². The predicted molar refractivity (Wildman–Crippen MR) is 80.0 cm³/mol. The Hall–Kier alpha value is -3.00. The average molecular weight is 333 g/mol. The minimum atomic E-state index is -0.627. The summed E-state index contributed by atoms with van der Waals surface area (Å²) < 4.78 is 10.4. The number of benzene rings is 1. The van der Waals surface area contributed by atoms with Crippen LogP contribution in [-0.2, 0) is 6.61 Å². The fourth-order valence-corrected chi connectivity index (χ4v) is 2.06. The summed E-state index contributed by atoms with van der Waals surface area (Å²) >= 11 is 6.06. The van der Waals surface area contributed by atoms with Crippen molar-refractivity contribution in [2.24, 2.45) is 0 Å². The summed E-state index contributed by atoms with van der Waals surface area (Å²) in [6.07, 6.45) is 1.31. The monoisotopic (exact) mass is 332 g/mol. The summed E-state index contributed by atoms with van der Waals surface area (Å²) in [5.41, 5.74) is 0.622. The first kappa shape index (κ1) is 14.9. The van der Waals surface area contributed by atoms with Gasteiger partial charge < -0.3 is 19.4 Å². The maximum Gasteiger partial charge on any atom is 0.406 e. The molecule has 1 aromatic carbocycles. The SMILES string of the molecule is O=[N+]([O-])c1ncccc1OCc1nc(-c2ccccc2Cl)no1. The van der Waals surface area contributed by atoms with Crippen molar-refractivity contribution >= 4 is 17.4 Å². The van der Waals surface area contributed by atoms with Crippen molar-refractivity contribution in [2.75, 3.05) is 0 Å². The van der Waals surface area contributed by atoms with Gasteiger partial charge in [-0.1, -0.05) is 28.9 Å². The van der Waals surface area contributed by atoms with E-state index < -0.39 is 4.92 Å². The van der Waals surface area contributed by atoms with Crippen LogP contribution in [0.4, 0.5) is 5.82 Å². The molecule has 0 atom stereocenters. The number of halogens is 1. The molecular weight excluding hydrogens is 324 g/mol. The van der Waals surface area contributed by atoms with E-state index in [1.165, 1.54) is 18.3 Å². The molecule has 0 aliphatic carbocycles. The molecule has 0 aliphatic heterocycles. The van der Waals surface area contributed by atoms with Crippen molar-refractivity contribution < 1.29 is 14.2 Å². The molecule has 9 heteroatoms. The number of nitrogens with zero attached hydrogens (tertiary/aromatic N) is 4. The summed E-state index contributed by atoms with van der Waals surface area (Å²) in [4.78, 5) is 18.0. The molecule has 0 N–H and O–H groups in total. The normalized spacial score (nSPS) is 10.5. The van der Waals surface area contributed by atoms with Gasteiger partial charge in [0.2, 0.25) is 11.6 Å². The zero-order valence-electron chi connectivity index (χ0n) is 11.5. The summed E-state index contributed by atoms with van der Waals surface area (Å²) in [6, 6.07) is 10.0. The molecule has 8 nitrogen and oxygen atoms in total. The van der Waals surface area contributed by atoms with Crippen LogP contribution in [-0.4, -0.2) is 20.0 Å².